The molecule has 0 aliphatic carbocycles. The maximum atomic E-state index is 12.9. The quantitative estimate of drug-likeness (QED) is 0.328. The summed E-state index contributed by atoms with van der Waals surface area (Å²) in [5.41, 5.74) is 2.47. The Labute approximate surface area is 214 Å². The molecule has 0 fully saturated rings. The molecule has 7 heteroatoms. The van der Waals surface area contributed by atoms with Crippen molar-refractivity contribution in [1.82, 2.24) is 9.47 Å². The molecule has 6 nitrogen and oxygen atoms in total. The highest BCUT2D eigenvalue weighted by Gasteiger charge is 2.26. The second kappa shape index (κ2) is 9.82. The van der Waals surface area contributed by atoms with Gasteiger partial charge < -0.3 is 14.4 Å². The second-order valence-corrected chi connectivity index (χ2v) is 11.2. The summed E-state index contributed by atoms with van der Waals surface area (Å²) in [4.78, 5) is 28.6. The lowest BCUT2D eigenvalue weighted by molar-refractivity contribution is 0.0238. The van der Waals surface area contributed by atoms with Gasteiger partial charge in [0, 0.05) is 34.1 Å². The van der Waals surface area contributed by atoms with Crippen molar-refractivity contribution in [3.8, 4) is 11.4 Å². The number of carbonyl (C=O) groups is 1. The van der Waals surface area contributed by atoms with Gasteiger partial charge in [-0.2, -0.15) is 0 Å². The van der Waals surface area contributed by atoms with E-state index in [-0.39, 0.29) is 11.7 Å². The van der Waals surface area contributed by atoms with Crippen molar-refractivity contribution in [2.75, 3.05) is 6.54 Å². The number of ether oxygens (including phenoxy) is 2. The number of aromatic nitrogens is 1. The van der Waals surface area contributed by atoms with Crippen molar-refractivity contribution in [2.45, 2.75) is 52.4 Å². The zero-order chi connectivity index (χ0) is 25.3. The van der Waals surface area contributed by atoms with E-state index in [1.54, 1.807) is 27.0 Å². The number of carbonyl (C=O) groups excluding carboxylic acids is 1. The predicted octanol–water partition coefficient (Wildman–Crippen LogP) is 6.31. The third-order valence-corrected chi connectivity index (χ3v) is 7.31. The van der Waals surface area contributed by atoms with E-state index in [2.05, 4.69) is 12.1 Å². The Hall–Kier alpha value is -3.58. The molecule has 0 saturated heterocycles. The first-order chi connectivity index (χ1) is 17.3. The first-order valence-electron chi connectivity index (χ1n) is 12.2. The highest BCUT2D eigenvalue weighted by molar-refractivity contribution is 7.19. The number of nitrogens with zero attached hydrogens (tertiary/aromatic N) is 2. The van der Waals surface area contributed by atoms with Crippen LogP contribution in [-0.4, -0.2) is 27.7 Å². The SMILES string of the molecule is CC(C)(C)OC(=O)N1CCCc2c(sc3ccc(-n4ccc(OCc5ccccc5)cc4=O)cc23)C1. The summed E-state index contributed by atoms with van der Waals surface area (Å²) in [6, 6.07) is 19.3. The van der Waals surface area contributed by atoms with Gasteiger partial charge in [0.25, 0.3) is 5.56 Å². The van der Waals surface area contributed by atoms with Crippen molar-refractivity contribution in [1.29, 1.82) is 0 Å². The van der Waals surface area contributed by atoms with Crippen LogP contribution in [0.5, 0.6) is 5.75 Å². The van der Waals surface area contributed by atoms with E-state index in [9.17, 15) is 9.59 Å². The zero-order valence-electron chi connectivity index (χ0n) is 20.8. The number of thiophene rings is 1. The molecule has 0 saturated carbocycles. The number of hydrogen-bond donors (Lipinski definition) is 0. The van der Waals surface area contributed by atoms with Gasteiger partial charge in [0.2, 0.25) is 0 Å². The van der Waals surface area contributed by atoms with Crippen molar-refractivity contribution >= 4 is 27.5 Å². The molecule has 4 aromatic rings. The minimum absolute atomic E-state index is 0.141. The predicted molar refractivity (Wildman–Crippen MR) is 143 cm³/mol. The summed E-state index contributed by atoms with van der Waals surface area (Å²) in [6.45, 7) is 7.29. The first-order valence-corrected chi connectivity index (χ1v) is 13.0. The van der Waals surface area contributed by atoms with E-state index in [1.165, 1.54) is 16.5 Å². The van der Waals surface area contributed by atoms with E-state index in [4.69, 9.17) is 9.47 Å². The minimum Gasteiger partial charge on any atom is -0.489 e. The van der Waals surface area contributed by atoms with Crippen LogP contribution in [-0.2, 0) is 24.3 Å². The topological polar surface area (TPSA) is 60.8 Å². The number of aryl methyl sites for hydroxylation is 1. The molecule has 2 aromatic heterocycles. The third-order valence-electron chi connectivity index (χ3n) is 6.12. The van der Waals surface area contributed by atoms with Crippen LogP contribution in [0, 0.1) is 0 Å². The Kier molecular flexibility index (Phi) is 6.58. The van der Waals surface area contributed by atoms with Gasteiger partial charge in [-0.25, -0.2) is 4.79 Å². The molecule has 1 aliphatic heterocycles. The van der Waals surface area contributed by atoms with E-state index in [0.29, 0.717) is 25.4 Å². The fraction of sp³-hybridized carbons (Fsp3) is 0.310. The summed E-state index contributed by atoms with van der Waals surface area (Å²) in [5, 5.41) is 1.15. The highest BCUT2D eigenvalue weighted by atomic mass is 32.1. The zero-order valence-corrected chi connectivity index (χ0v) is 21.6. The Morgan fingerprint density at radius 3 is 2.61 bits per heavy atom. The number of rotatable bonds is 4. The number of fused-ring (bicyclic) bond motifs is 3. The van der Waals surface area contributed by atoms with Crippen molar-refractivity contribution in [2.24, 2.45) is 0 Å². The average molecular weight is 503 g/mol. The van der Waals surface area contributed by atoms with Gasteiger partial charge in [0.1, 0.15) is 18.0 Å². The van der Waals surface area contributed by atoms with Crippen LogP contribution in [0.15, 0.2) is 71.7 Å². The lowest BCUT2D eigenvalue weighted by Crippen LogP contribution is -2.36. The van der Waals surface area contributed by atoms with Gasteiger partial charge in [-0.15, -0.1) is 11.3 Å². The molecule has 0 radical (unpaired) electrons. The molecule has 1 aliphatic rings. The first kappa shape index (κ1) is 24.1. The van der Waals surface area contributed by atoms with Crippen LogP contribution in [0.4, 0.5) is 4.79 Å². The molecule has 2 aromatic carbocycles. The molecular weight excluding hydrogens is 472 g/mol. The highest BCUT2D eigenvalue weighted by Crippen LogP contribution is 2.36. The molecule has 1 amide bonds. The Morgan fingerprint density at radius 1 is 1.06 bits per heavy atom. The van der Waals surface area contributed by atoms with Gasteiger partial charge in [0.15, 0.2) is 0 Å². The van der Waals surface area contributed by atoms with Crippen molar-refractivity contribution in [3.63, 3.8) is 0 Å². The maximum Gasteiger partial charge on any atom is 0.410 e. The standard InChI is InChI=1S/C29H30N2O4S/c1-29(2,3)35-28(33)30-14-7-10-23-24-16-21(11-12-25(24)36-26(23)18-30)31-15-13-22(17-27(31)32)34-19-20-8-5-4-6-9-20/h4-6,8-9,11-13,15-17H,7,10,14,18-19H2,1-3H3. The van der Waals surface area contributed by atoms with Gasteiger partial charge in [-0.3, -0.25) is 9.36 Å². The molecule has 0 bridgehead atoms. The molecule has 36 heavy (non-hydrogen) atoms. The summed E-state index contributed by atoms with van der Waals surface area (Å²) in [7, 11) is 0. The molecule has 0 atom stereocenters. The summed E-state index contributed by atoms with van der Waals surface area (Å²) >= 11 is 1.71. The van der Waals surface area contributed by atoms with Crippen molar-refractivity contribution in [3.05, 3.63) is 93.2 Å². The van der Waals surface area contributed by atoms with E-state index < -0.39 is 5.60 Å². The fourth-order valence-corrected chi connectivity index (χ4v) is 5.67. The molecule has 0 N–H and O–H groups in total. The maximum absolute atomic E-state index is 12.9. The van der Waals surface area contributed by atoms with Crippen molar-refractivity contribution < 1.29 is 14.3 Å². The number of hydrogen-bond acceptors (Lipinski definition) is 5. The second-order valence-electron chi connectivity index (χ2n) is 10.0. The Balaban J connectivity index is 1.38. The largest absolute Gasteiger partial charge is 0.489 e. The number of amides is 1. The summed E-state index contributed by atoms with van der Waals surface area (Å²) < 4.78 is 14.2. The normalized spacial score (nSPS) is 13.8. The summed E-state index contributed by atoms with van der Waals surface area (Å²) in [5.74, 6) is 0.549. The number of pyridine rings is 1. The molecule has 3 heterocycles. The van der Waals surface area contributed by atoms with Crippen LogP contribution in [0.25, 0.3) is 15.8 Å². The van der Waals surface area contributed by atoms with E-state index in [0.717, 1.165) is 34.2 Å². The van der Waals surface area contributed by atoms with Gasteiger partial charge in [-0.05, 0) is 74.4 Å². The van der Waals surface area contributed by atoms with Crippen LogP contribution in [0.3, 0.4) is 0 Å². The van der Waals surface area contributed by atoms with Gasteiger partial charge in [-0.1, -0.05) is 30.3 Å². The molecule has 0 unspecified atom stereocenters. The molecule has 5 rings (SSSR count). The van der Waals surface area contributed by atoms with E-state index >= 15 is 0 Å². The number of benzene rings is 2. The Bertz CT molecular complexity index is 1450. The van der Waals surface area contributed by atoms with Crippen LogP contribution in [0.1, 0.15) is 43.2 Å². The van der Waals surface area contributed by atoms with Crippen LogP contribution >= 0.6 is 11.3 Å². The average Bonchev–Trinajstić information content (AvgIpc) is 3.03. The Morgan fingerprint density at radius 2 is 1.86 bits per heavy atom. The lowest BCUT2D eigenvalue weighted by atomic mass is 10.1. The minimum atomic E-state index is -0.517. The lowest BCUT2D eigenvalue weighted by Gasteiger charge is -2.26. The van der Waals surface area contributed by atoms with Crippen LogP contribution in [0.2, 0.25) is 0 Å². The van der Waals surface area contributed by atoms with E-state index in [1.807, 2.05) is 63.2 Å². The third kappa shape index (κ3) is 5.31. The molecular formula is C29H30N2O4S. The van der Waals surface area contributed by atoms with Gasteiger partial charge in [0.05, 0.1) is 6.54 Å². The van der Waals surface area contributed by atoms with Crippen LogP contribution < -0.4 is 10.3 Å². The van der Waals surface area contributed by atoms with Gasteiger partial charge >= 0.3 is 6.09 Å². The molecule has 0 spiro atoms. The fourth-order valence-electron chi connectivity index (χ4n) is 4.43. The summed E-state index contributed by atoms with van der Waals surface area (Å²) in [6.07, 6.45) is 3.25. The molecule has 186 valence electrons. The smallest absolute Gasteiger partial charge is 0.410 e. The monoisotopic (exact) mass is 502 g/mol.